The summed E-state index contributed by atoms with van der Waals surface area (Å²) in [5.74, 6) is -1.69. The average molecular weight is 188 g/mol. The van der Waals surface area contributed by atoms with E-state index in [0.717, 1.165) is 0 Å². The van der Waals surface area contributed by atoms with E-state index in [9.17, 15) is 14.4 Å². The van der Waals surface area contributed by atoms with E-state index >= 15 is 0 Å². The molecule has 1 amide bonds. The van der Waals surface area contributed by atoms with Gasteiger partial charge in [0.2, 0.25) is 5.91 Å². The predicted molar refractivity (Wildman–Crippen MR) is 43.9 cm³/mol. The molecular weight excluding hydrogens is 176 g/mol. The van der Waals surface area contributed by atoms with Crippen molar-refractivity contribution in [1.82, 2.24) is 5.32 Å². The molecule has 13 heavy (non-hydrogen) atoms. The molecule has 0 heterocycles. The van der Waals surface area contributed by atoms with Gasteiger partial charge in [0.1, 0.15) is 6.29 Å². The van der Waals surface area contributed by atoms with Crippen LogP contribution in [0.2, 0.25) is 0 Å². The third-order valence-electron chi connectivity index (χ3n) is 1.30. The quantitative estimate of drug-likeness (QED) is 0.454. The molecule has 0 aliphatic rings. The van der Waals surface area contributed by atoms with Crippen LogP contribution < -0.4 is 11.1 Å². The van der Waals surface area contributed by atoms with Crippen molar-refractivity contribution in [1.29, 1.82) is 0 Å². The van der Waals surface area contributed by atoms with Crippen LogP contribution in [0.25, 0.3) is 0 Å². The molecule has 4 N–H and O–H groups in total. The van der Waals surface area contributed by atoms with Gasteiger partial charge >= 0.3 is 5.97 Å². The molecule has 0 aromatic carbocycles. The van der Waals surface area contributed by atoms with Gasteiger partial charge in [0.15, 0.2) is 0 Å². The number of amides is 1. The Morgan fingerprint density at radius 1 is 1.62 bits per heavy atom. The van der Waals surface area contributed by atoms with E-state index in [1.807, 2.05) is 0 Å². The molecule has 0 saturated heterocycles. The van der Waals surface area contributed by atoms with Crippen LogP contribution in [0.1, 0.15) is 13.3 Å². The zero-order valence-electron chi connectivity index (χ0n) is 7.19. The van der Waals surface area contributed by atoms with Crippen molar-refractivity contribution in [2.75, 3.05) is 0 Å². The molecule has 0 rings (SSSR count). The maximum atomic E-state index is 10.9. The smallest absolute Gasteiger partial charge is 0.305 e. The first-order valence-corrected chi connectivity index (χ1v) is 3.70. The molecule has 0 aromatic heterocycles. The molecule has 0 aliphatic heterocycles. The summed E-state index contributed by atoms with van der Waals surface area (Å²) in [6.07, 6.45) is -0.0592. The zero-order chi connectivity index (χ0) is 10.4. The van der Waals surface area contributed by atoms with Crippen LogP contribution in [0.3, 0.4) is 0 Å². The lowest BCUT2D eigenvalue weighted by Gasteiger charge is -2.11. The first kappa shape index (κ1) is 11.6. The van der Waals surface area contributed by atoms with Crippen LogP contribution in [0.5, 0.6) is 0 Å². The number of hydrogen-bond donors (Lipinski definition) is 3. The highest BCUT2D eigenvalue weighted by atomic mass is 16.4. The predicted octanol–water partition coefficient (Wildman–Crippen LogP) is -1.51. The highest BCUT2D eigenvalue weighted by Crippen LogP contribution is 1.89. The lowest BCUT2D eigenvalue weighted by atomic mass is 10.2. The van der Waals surface area contributed by atoms with Gasteiger partial charge in [-0.2, -0.15) is 0 Å². The fourth-order valence-electron chi connectivity index (χ4n) is 0.635. The van der Waals surface area contributed by atoms with E-state index in [-0.39, 0.29) is 0 Å². The standard InChI is InChI=1S/C7H12N2O4/c1-4(8)7(13)9-5(3-10)2-6(11)12/h3-5H,2,8H2,1H3,(H,9,13)(H,11,12). The molecule has 0 fully saturated rings. The van der Waals surface area contributed by atoms with Gasteiger partial charge in [-0.15, -0.1) is 0 Å². The Labute approximate surface area is 75.1 Å². The fourth-order valence-corrected chi connectivity index (χ4v) is 0.635. The van der Waals surface area contributed by atoms with Gasteiger partial charge in [0, 0.05) is 0 Å². The minimum absolute atomic E-state index is 0.369. The van der Waals surface area contributed by atoms with Crippen molar-refractivity contribution in [3.63, 3.8) is 0 Å². The van der Waals surface area contributed by atoms with Gasteiger partial charge in [-0.1, -0.05) is 0 Å². The van der Waals surface area contributed by atoms with Crippen molar-refractivity contribution in [3.8, 4) is 0 Å². The highest BCUT2D eigenvalue weighted by molar-refractivity contribution is 5.85. The summed E-state index contributed by atoms with van der Waals surface area (Å²) in [6, 6.07) is -1.76. The Morgan fingerprint density at radius 2 is 2.15 bits per heavy atom. The summed E-state index contributed by atoms with van der Waals surface area (Å²) < 4.78 is 0. The number of carboxylic acids is 1. The van der Waals surface area contributed by atoms with Gasteiger partial charge in [0.05, 0.1) is 18.5 Å². The van der Waals surface area contributed by atoms with Crippen LogP contribution in [0, 0.1) is 0 Å². The van der Waals surface area contributed by atoms with E-state index in [0.29, 0.717) is 6.29 Å². The number of rotatable bonds is 5. The summed E-state index contributed by atoms with van der Waals surface area (Å²) >= 11 is 0. The number of carbonyl (C=O) groups is 3. The number of carboxylic acid groups (broad SMARTS) is 1. The number of carbonyl (C=O) groups excluding carboxylic acids is 2. The molecule has 0 saturated carbocycles. The minimum Gasteiger partial charge on any atom is -0.481 e. The molecule has 0 aliphatic carbocycles. The highest BCUT2D eigenvalue weighted by Gasteiger charge is 2.16. The first-order chi connectivity index (χ1) is 5.97. The molecule has 2 unspecified atom stereocenters. The van der Waals surface area contributed by atoms with Crippen LogP contribution in [0.15, 0.2) is 0 Å². The van der Waals surface area contributed by atoms with E-state index in [4.69, 9.17) is 10.8 Å². The molecule has 0 spiro atoms. The summed E-state index contributed by atoms with van der Waals surface area (Å²) in [7, 11) is 0. The molecule has 74 valence electrons. The third-order valence-corrected chi connectivity index (χ3v) is 1.30. The number of hydrogen-bond acceptors (Lipinski definition) is 4. The SMILES string of the molecule is CC(N)C(=O)NC(C=O)CC(=O)O. The van der Waals surface area contributed by atoms with Gasteiger partial charge < -0.3 is 21.0 Å². The molecule has 2 atom stereocenters. The van der Waals surface area contributed by atoms with Gasteiger partial charge in [-0.25, -0.2) is 0 Å². The van der Waals surface area contributed by atoms with Crippen LogP contribution in [-0.4, -0.2) is 35.4 Å². The Kier molecular flexibility index (Phi) is 4.68. The lowest BCUT2D eigenvalue weighted by Crippen LogP contribution is -2.45. The summed E-state index contributed by atoms with van der Waals surface area (Å²) in [5.41, 5.74) is 5.19. The Morgan fingerprint density at radius 3 is 2.46 bits per heavy atom. The number of aldehydes is 1. The van der Waals surface area contributed by atoms with Gasteiger partial charge in [-0.3, -0.25) is 9.59 Å². The molecule has 0 bridgehead atoms. The van der Waals surface area contributed by atoms with E-state index in [1.165, 1.54) is 6.92 Å². The molecular formula is C7H12N2O4. The lowest BCUT2D eigenvalue weighted by molar-refractivity contribution is -0.138. The zero-order valence-corrected chi connectivity index (χ0v) is 7.19. The summed E-state index contributed by atoms with van der Waals surface area (Å²) in [6.45, 7) is 1.44. The molecule has 0 aromatic rings. The second-order valence-electron chi connectivity index (χ2n) is 2.64. The van der Waals surface area contributed by atoms with Crippen LogP contribution in [0.4, 0.5) is 0 Å². The van der Waals surface area contributed by atoms with Crippen LogP contribution in [-0.2, 0) is 14.4 Å². The fraction of sp³-hybridized carbons (Fsp3) is 0.571. The number of nitrogens with two attached hydrogens (primary N) is 1. The Bertz CT molecular complexity index is 215. The normalized spacial score (nSPS) is 14.3. The van der Waals surface area contributed by atoms with Crippen LogP contribution >= 0.6 is 0 Å². The first-order valence-electron chi connectivity index (χ1n) is 3.70. The largest absolute Gasteiger partial charge is 0.481 e. The summed E-state index contributed by atoms with van der Waals surface area (Å²) in [4.78, 5) is 31.4. The Balaban J connectivity index is 4.05. The Hall–Kier alpha value is -1.43. The maximum Gasteiger partial charge on any atom is 0.305 e. The van der Waals surface area contributed by atoms with Gasteiger partial charge in [-0.05, 0) is 6.92 Å². The monoisotopic (exact) mass is 188 g/mol. The topological polar surface area (TPSA) is 109 Å². The van der Waals surface area contributed by atoms with Crippen molar-refractivity contribution >= 4 is 18.2 Å². The van der Waals surface area contributed by atoms with E-state index in [2.05, 4.69) is 5.32 Å². The van der Waals surface area contributed by atoms with Crippen molar-refractivity contribution < 1.29 is 19.5 Å². The second-order valence-corrected chi connectivity index (χ2v) is 2.64. The minimum atomic E-state index is -1.15. The molecule has 6 heteroatoms. The van der Waals surface area contributed by atoms with Crippen molar-refractivity contribution in [3.05, 3.63) is 0 Å². The third kappa shape index (κ3) is 4.91. The molecule has 6 nitrogen and oxygen atoms in total. The van der Waals surface area contributed by atoms with Crippen molar-refractivity contribution in [2.45, 2.75) is 25.4 Å². The number of aliphatic carboxylic acids is 1. The second kappa shape index (κ2) is 5.26. The van der Waals surface area contributed by atoms with Gasteiger partial charge in [0.25, 0.3) is 0 Å². The van der Waals surface area contributed by atoms with Crippen molar-refractivity contribution in [2.24, 2.45) is 5.73 Å². The van der Waals surface area contributed by atoms with E-state index in [1.54, 1.807) is 0 Å². The average Bonchev–Trinajstić information content (AvgIpc) is 2.02. The summed E-state index contributed by atoms with van der Waals surface area (Å²) in [5, 5.41) is 10.5. The molecule has 0 radical (unpaired) electrons. The maximum absolute atomic E-state index is 10.9. The number of nitrogens with one attached hydrogen (secondary N) is 1. The van der Waals surface area contributed by atoms with E-state index < -0.39 is 30.4 Å².